The van der Waals surface area contributed by atoms with Crippen molar-refractivity contribution in [2.45, 2.75) is 19.8 Å². The number of hydrogen-bond donors (Lipinski definition) is 2. The van der Waals surface area contributed by atoms with Crippen LogP contribution in [0.2, 0.25) is 0 Å². The van der Waals surface area contributed by atoms with E-state index in [1.165, 1.54) is 5.56 Å². The van der Waals surface area contributed by atoms with Gasteiger partial charge in [0.15, 0.2) is 0 Å². The highest BCUT2D eigenvalue weighted by Gasteiger charge is 2.04. The zero-order valence-electron chi connectivity index (χ0n) is 11.5. The molecule has 0 unspecified atom stereocenters. The van der Waals surface area contributed by atoms with Gasteiger partial charge in [0.05, 0.1) is 0 Å². The SMILES string of the molecule is CC(C)c1ccc(Nc2ccc(C(N)=S)c(Br)c2)cc1. The summed E-state index contributed by atoms with van der Waals surface area (Å²) in [6.45, 7) is 4.38. The van der Waals surface area contributed by atoms with Crippen LogP contribution in [-0.2, 0) is 0 Å². The summed E-state index contributed by atoms with van der Waals surface area (Å²) in [6, 6.07) is 14.3. The normalized spacial score (nSPS) is 10.6. The topological polar surface area (TPSA) is 38.0 Å². The van der Waals surface area contributed by atoms with Crippen LogP contribution in [0.5, 0.6) is 0 Å². The van der Waals surface area contributed by atoms with Gasteiger partial charge >= 0.3 is 0 Å². The van der Waals surface area contributed by atoms with Crippen molar-refractivity contribution < 1.29 is 0 Å². The lowest BCUT2D eigenvalue weighted by molar-refractivity contribution is 0.867. The van der Waals surface area contributed by atoms with Crippen molar-refractivity contribution >= 4 is 44.5 Å². The van der Waals surface area contributed by atoms with Crippen LogP contribution in [0.1, 0.15) is 30.9 Å². The van der Waals surface area contributed by atoms with Crippen molar-refractivity contribution in [1.82, 2.24) is 0 Å². The Morgan fingerprint density at radius 3 is 2.20 bits per heavy atom. The maximum absolute atomic E-state index is 5.64. The molecule has 0 atom stereocenters. The Balaban J connectivity index is 2.17. The average Bonchev–Trinajstić information content (AvgIpc) is 2.39. The maximum atomic E-state index is 5.64. The van der Waals surface area contributed by atoms with E-state index in [-0.39, 0.29) is 0 Å². The molecule has 20 heavy (non-hydrogen) atoms. The predicted molar refractivity (Wildman–Crippen MR) is 93.8 cm³/mol. The molecule has 0 aliphatic heterocycles. The van der Waals surface area contributed by atoms with Crippen LogP contribution in [-0.4, -0.2) is 4.99 Å². The number of thiocarbonyl (C=S) groups is 1. The van der Waals surface area contributed by atoms with Crippen molar-refractivity contribution in [3.8, 4) is 0 Å². The monoisotopic (exact) mass is 348 g/mol. The summed E-state index contributed by atoms with van der Waals surface area (Å²) in [6.07, 6.45) is 0. The quantitative estimate of drug-likeness (QED) is 0.767. The van der Waals surface area contributed by atoms with Crippen LogP contribution < -0.4 is 11.1 Å². The third kappa shape index (κ3) is 3.58. The molecule has 0 saturated carbocycles. The summed E-state index contributed by atoms with van der Waals surface area (Å²) < 4.78 is 0.897. The fourth-order valence-electron chi connectivity index (χ4n) is 1.91. The second-order valence-electron chi connectivity index (χ2n) is 4.96. The third-order valence-corrected chi connectivity index (χ3v) is 3.98. The number of nitrogens with two attached hydrogens (primary N) is 1. The highest BCUT2D eigenvalue weighted by Crippen LogP contribution is 2.25. The molecule has 0 aromatic heterocycles. The first-order valence-corrected chi connectivity index (χ1v) is 7.64. The minimum atomic E-state index is 0.393. The van der Waals surface area contributed by atoms with Crippen molar-refractivity contribution in [2.24, 2.45) is 5.73 Å². The Labute approximate surface area is 133 Å². The summed E-state index contributed by atoms with van der Waals surface area (Å²) in [7, 11) is 0. The standard InChI is InChI=1S/C16H17BrN2S/c1-10(2)11-3-5-12(6-4-11)19-13-7-8-14(16(18)20)15(17)9-13/h3-10,19H,1-2H3,(H2,18,20). The number of benzene rings is 2. The molecule has 2 nitrogen and oxygen atoms in total. The van der Waals surface area contributed by atoms with Crippen molar-refractivity contribution in [3.63, 3.8) is 0 Å². The molecule has 0 spiro atoms. The highest BCUT2D eigenvalue weighted by molar-refractivity contribution is 9.10. The molecule has 0 saturated heterocycles. The highest BCUT2D eigenvalue weighted by atomic mass is 79.9. The minimum absolute atomic E-state index is 0.393. The Bertz CT molecular complexity index is 621. The smallest absolute Gasteiger partial charge is 0.105 e. The molecule has 2 rings (SSSR count). The average molecular weight is 349 g/mol. The van der Waals surface area contributed by atoms with Crippen LogP contribution >= 0.6 is 28.1 Å². The lowest BCUT2D eigenvalue weighted by Gasteiger charge is -2.11. The van der Waals surface area contributed by atoms with E-state index in [0.29, 0.717) is 10.9 Å². The van der Waals surface area contributed by atoms with Crippen LogP contribution in [0.25, 0.3) is 0 Å². The van der Waals surface area contributed by atoms with Crippen LogP contribution in [0.15, 0.2) is 46.9 Å². The Morgan fingerprint density at radius 1 is 1.10 bits per heavy atom. The van der Waals surface area contributed by atoms with Crippen molar-refractivity contribution in [1.29, 1.82) is 0 Å². The van der Waals surface area contributed by atoms with E-state index in [9.17, 15) is 0 Å². The van der Waals surface area contributed by atoms with E-state index in [0.717, 1.165) is 21.4 Å². The maximum Gasteiger partial charge on any atom is 0.105 e. The molecule has 4 heteroatoms. The first-order chi connectivity index (χ1) is 9.47. The molecular weight excluding hydrogens is 332 g/mol. The summed E-state index contributed by atoms with van der Waals surface area (Å²) in [5, 5.41) is 3.36. The zero-order chi connectivity index (χ0) is 14.7. The first-order valence-electron chi connectivity index (χ1n) is 6.43. The zero-order valence-corrected chi connectivity index (χ0v) is 13.9. The van der Waals surface area contributed by atoms with E-state index < -0.39 is 0 Å². The predicted octanol–water partition coefficient (Wildman–Crippen LogP) is 4.95. The number of hydrogen-bond acceptors (Lipinski definition) is 2. The van der Waals surface area contributed by atoms with E-state index >= 15 is 0 Å². The van der Waals surface area contributed by atoms with Gasteiger partial charge in [-0.1, -0.05) is 38.2 Å². The second-order valence-corrected chi connectivity index (χ2v) is 6.25. The molecular formula is C16H17BrN2S. The van der Waals surface area contributed by atoms with Gasteiger partial charge in [-0.05, 0) is 57.7 Å². The second kappa shape index (κ2) is 6.37. The summed E-state index contributed by atoms with van der Waals surface area (Å²) in [4.78, 5) is 0.393. The summed E-state index contributed by atoms with van der Waals surface area (Å²) >= 11 is 8.47. The van der Waals surface area contributed by atoms with Crippen LogP contribution in [0, 0.1) is 0 Å². The van der Waals surface area contributed by atoms with Gasteiger partial charge in [0.1, 0.15) is 4.99 Å². The summed E-state index contributed by atoms with van der Waals surface area (Å²) in [5.41, 5.74) is 9.88. The van der Waals surface area contributed by atoms with Gasteiger partial charge < -0.3 is 11.1 Å². The molecule has 0 aliphatic rings. The number of halogens is 1. The lowest BCUT2D eigenvalue weighted by atomic mass is 10.0. The van der Waals surface area contributed by atoms with Crippen LogP contribution in [0.3, 0.4) is 0 Å². The number of nitrogens with one attached hydrogen (secondary N) is 1. The minimum Gasteiger partial charge on any atom is -0.389 e. The van der Waals surface area contributed by atoms with E-state index in [4.69, 9.17) is 18.0 Å². The van der Waals surface area contributed by atoms with Gasteiger partial charge in [-0.3, -0.25) is 0 Å². The third-order valence-electron chi connectivity index (χ3n) is 3.10. The van der Waals surface area contributed by atoms with E-state index in [2.05, 4.69) is 59.4 Å². The fraction of sp³-hybridized carbons (Fsp3) is 0.188. The Hall–Kier alpha value is -1.39. The Morgan fingerprint density at radius 2 is 1.70 bits per heavy atom. The molecule has 3 N–H and O–H groups in total. The van der Waals surface area contributed by atoms with Gasteiger partial charge in [-0.25, -0.2) is 0 Å². The largest absolute Gasteiger partial charge is 0.389 e. The van der Waals surface area contributed by atoms with Gasteiger partial charge in [0.25, 0.3) is 0 Å². The molecule has 0 bridgehead atoms. The molecule has 104 valence electrons. The van der Waals surface area contributed by atoms with E-state index in [1.807, 2.05) is 18.2 Å². The van der Waals surface area contributed by atoms with Crippen molar-refractivity contribution in [2.75, 3.05) is 5.32 Å². The lowest BCUT2D eigenvalue weighted by Crippen LogP contribution is -2.10. The fourth-order valence-corrected chi connectivity index (χ4v) is 2.81. The van der Waals surface area contributed by atoms with Gasteiger partial charge in [0, 0.05) is 21.4 Å². The first kappa shape index (κ1) is 15.0. The van der Waals surface area contributed by atoms with Gasteiger partial charge in [-0.2, -0.15) is 0 Å². The summed E-state index contributed by atoms with van der Waals surface area (Å²) in [5.74, 6) is 0.544. The molecule has 0 amide bonds. The van der Waals surface area contributed by atoms with Gasteiger partial charge in [0.2, 0.25) is 0 Å². The number of rotatable bonds is 4. The number of anilines is 2. The van der Waals surface area contributed by atoms with E-state index in [1.54, 1.807) is 0 Å². The van der Waals surface area contributed by atoms with Gasteiger partial charge in [-0.15, -0.1) is 0 Å². The molecule has 0 aliphatic carbocycles. The Kier molecular flexibility index (Phi) is 4.78. The molecule has 0 fully saturated rings. The van der Waals surface area contributed by atoms with Crippen molar-refractivity contribution in [3.05, 3.63) is 58.1 Å². The molecule has 2 aromatic carbocycles. The van der Waals surface area contributed by atoms with Crippen LogP contribution in [0.4, 0.5) is 11.4 Å². The molecule has 2 aromatic rings. The molecule has 0 heterocycles. The molecule has 0 radical (unpaired) electrons.